The van der Waals surface area contributed by atoms with E-state index in [4.69, 9.17) is 16.3 Å². The predicted octanol–water partition coefficient (Wildman–Crippen LogP) is 3.44. The third kappa shape index (κ3) is 2.15. The Morgan fingerprint density at radius 3 is 2.40 bits per heavy atom. The van der Waals surface area contributed by atoms with Crippen LogP contribution in [0.2, 0.25) is 5.02 Å². The molecule has 3 heteroatoms. The molecule has 1 aliphatic carbocycles. The standard InChI is InChI=1S/C12H13ClO2/c1-12(7-2-8-12)11(14)15-10-5-3-9(13)4-6-10/h3-6H,2,7-8H2,1H3. The fourth-order valence-electron chi connectivity index (χ4n) is 1.64. The molecule has 1 fully saturated rings. The van der Waals surface area contributed by atoms with Gasteiger partial charge in [-0.3, -0.25) is 4.79 Å². The van der Waals surface area contributed by atoms with E-state index in [-0.39, 0.29) is 11.4 Å². The van der Waals surface area contributed by atoms with Crippen molar-refractivity contribution in [3.8, 4) is 5.75 Å². The Bertz CT molecular complexity index is 366. The molecule has 0 amide bonds. The third-order valence-electron chi connectivity index (χ3n) is 2.97. The Kier molecular flexibility index (Phi) is 2.70. The summed E-state index contributed by atoms with van der Waals surface area (Å²) in [6.45, 7) is 1.95. The molecule has 1 aliphatic rings. The van der Waals surface area contributed by atoms with Gasteiger partial charge in [-0.2, -0.15) is 0 Å². The van der Waals surface area contributed by atoms with Gasteiger partial charge in [0.05, 0.1) is 5.41 Å². The number of benzene rings is 1. The van der Waals surface area contributed by atoms with Crippen molar-refractivity contribution in [2.75, 3.05) is 0 Å². The van der Waals surface area contributed by atoms with Gasteiger partial charge in [0.1, 0.15) is 5.75 Å². The van der Waals surface area contributed by atoms with E-state index in [9.17, 15) is 4.79 Å². The average Bonchev–Trinajstić information content (AvgIpc) is 2.18. The molecular formula is C12H13ClO2. The quantitative estimate of drug-likeness (QED) is 0.568. The number of esters is 1. The van der Waals surface area contributed by atoms with E-state index >= 15 is 0 Å². The lowest BCUT2D eigenvalue weighted by Gasteiger charge is -2.35. The maximum absolute atomic E-state index is 11.7. The van der Waals surface area contributed by atoms with Crippen molar-refractivity contribution in [2.45, 2.75) is 26.2 Å². The van der Waals surface area contributed by atoms with E-state index in [1.54, 1.807) is 24.3 Å². The van der Waals surface area contributed by atoms with E-state index in [1.165, 1.54) is 0 Å². The van der Waals surface area contributed by atoms with Crippen LogP contribution in [0.15, 0.2) is 24.3 Å². The Hall–Kier alpha value is -1.02. The molecule has 2 rings (SSSR count). The maximum atomic E-state index is 11.7. The molecular weight excluding hydrogens is 212 g/mol. The lowest BCUT2D eigenvalue weighted by Crippen LogP contribution is -2.37. The van der Waals surface area contributed by atoms with Gasteiger partial charge in [0.2, 0.25) is 0 Å². The van der Waals surface area contributed by atoms with E-state index in [1.807, 2.05) is 6.92 Å². The van der Waals surface area contributed by atoms with Gasteiger partial charge in [0, 0.05) is 5.02 Å². The first-order valence-electron chi connectivity index (χ1n) is 5.08. The van der Waals surface area contributed by atoms with E-state index in [0.29, 0.717) is 10.8 Å². The Labute approximate surface area is 94.2 Å². The summed E-state index contributed by atoms with van der Waals surface area (Å²) in [5.74, 6) is 0.439. The molecule has 80 valence electrons. The third-order valence-corrected chi connectivity index (χ3v) is 3.23. The summed E-state index contributed by atoms with van der Waals surface area (Å²) < 4.78 is 5.28. The Morgan fingerprint density at radius 1 is 1.33 bits per heavy atom. The minimum Gasteiger partial charge on any atom is -0.426 e. The highest BCUT2D eigenvalue weighted by Crippen LogP contribution is 2.41. The van der Waals surface area contributed by atoms with Gasteiger partial charge < -0.3 is 4.74 Å². The summed E-state index contributed by atoms with van der Waals surface area (Å²) in [5.41, 5.74) is -0.264. The molecule has 0 heterocycles. The van der Waals surface area contributed by atoms with Crippen molar-refractivity contribution in [1.82, 2.24) is 0 Å². The first kappa shape index (κ1) is 10.5. The van der Waals surface area contributed by atoms with Gasteiger partial charge in [-0.25, -0.2) is 0 Å². The van der Waals surface area contributed by atoms with Crippen molar-refractivity contribution < 1.29 is 9.53 Å². The summed E-state index contributed by atoms with van der Waals surface area (Å²) in [5, 5.41) is 0.643. The summed E-state index contributed by atoms with van der Waals surface area (Å²) in [6, 6.07) is 6.85. The van der Waals surface area contributed by atoms with Crippen LogP contribution in [0.25, 0.3) is 0 Å². The highest BCUT2D eigenvalue weighted by Gasteiger charge is 2.41. The number of ether oxygens (including phenoxy) is 1. The zero-order valence-corrected chi connectivity index (χ0v) is 9.38. The molecule has 0 bridgehead atoms. The normalized spacial score (nSPS) is 18.0. The molecule has 0 N–H and O–H groups in total. The fraction of sp³-hybridized carbons (Fsp3) is 0.417. The summed E-state index contributed by atoms with van der Waals surface area (Å²) >= 11 is 5.74. The van der Waals surface area contributed by atoms with Crippen molar-refractivity contribution in [3.05, 3.63) is 29.3 Å². The van der Waals surface area contributed by atoms with Crippen molar-refractivity contribution in [3.63, 3.8) is 0 Å². The second kappa shape index (κ2) is 3.86. The largest absolute Gasteiger partial charge is 0.426 e. The Balaban J connectivity index is 2.02. The number of carbonyl (C=O) groups excluding carboxylic acids is 1. The van der Waals surface area contributed by atoms with Crippen LogP contribution in [0, 0.1) is 5.41 Å². The van der Waals surface area contributed by atoms with E-state index in [2.05, 4.69) is 0 Å². The second-order valence-electron chi connectivity index (χ2n) is 4.26. The summed E-state index contributed by atoms with van der Waals surface area (Å²) in [6.07, 6.45) is 2.98. The first-order chi connectivity index (χ1) is 7.10. The molecule has 1 aromatic rings. The van der Waals surface area contributed by atoms with E-state index < -0.39 is 0 Å². The first-order valence-corrected chi connectivity index (χ1v) is 5.46. The minimum atomic E-state index is -0.264. The summed E-state index contributed by atoms with van der Waals surface area (Å²) in [7, 11) is 0. The molecule has 2 nitrogen and oxygen atoms in total. The predicted molar refractivity (Wildman–Crippen MR) is 59.0 cm³/mol. The zero-order valence-electron chi connectivity index (χ0n) is 8.63. The van der Waals surface area contributed by atoms with Gasteiger partial charge in [-0.05, 0) is 44.0 Å². The van der Waals surface area contributed by atoms with Crippen LogP contribution < -0.4 is 4.74 Å². The van der Waals surface area contributed by atoms with Gasteiger partial charge in [0.15, 0.2) is 0 Å². The average molecular weight is 225 g/mol. The van der Waals surface area contributed by atoms with Crippen LogP contribution in [-0.2, 0) is 4.79 Å². The molecule has 0 unspecified atom stereocenters. The fourth-order valence-corrected chi connectivity index (χ4v) is 1.77. The lowest BCUT2D eigenvalue weighted by molar-refractivity contribution is -0.149. The number of halogens is 1. The Morgan fingerprint density at radius 2 is 1.93 bits per heavy atom. The monoisotopic (exact) mass is 224 g/mol. The molecule has 0 aromatic heterocycles. The number of carbonyl (C=O) groups is 1. The molecule has 0 saturated heterocycles. The van der Waals surface area contributed by atoms with Gasteiger partial charge in [-0.15, -0.1) is 0 Å². The van der Waals surface area contributed by atoms with Crippen LogP contribution in [0.4, 0.5) is 0 Å². The zero-order chi connectivity index (χ0) is 10.9. The van der Waals surface area contributed by atoms with E-state index in [0.717, 1.165) is 19.3 Å². The number of hydrogen-bond acceptors (Lipinski definition) is 2. The smallest absolute Gasteiger partial charge is 0.317 e. The maximum Gasteiger partial charge on any atom is 0.317 e. The van der Waals surface area contributed by atoms with Gasteiger partial charge in [0.25, 0.3) is 0 Å². The molecule has 1 saturated carbocycles. The van der Waals surface area contributed by atoms with Crippen LogP contribution in [-0.4, -0.2) is 5.97 Å². The number of hydrogen-bond donors (Lipinski definition) is 0. The topological polar surface area (TPSA) is 26.3 Å². The van der Waals surface area contributed by atoms with Crippen molar-refractivity contribution in [2.24, 2.45) is 5.41 Å². The van der Waals surface area contributed by atoms with Crippen LogP contribution >= 0.6 is 11.6 Å². The molecule has 0 radical (unpaired) electrons. The van der Waals surface area contributed by atoms with Gasteiger partial charge in [-0.1, -0.05) is 18.0 Å². The molecule has 0 spiro atoms. The molecule has 1 aromatic carbocycles. The van der Waals surface area contributed by atoms with Crippen molar-refractivity contribution >= 4 is 17.6 Å². The molecule has 0 aliphatic heterocycles. The highest BCUT2D eigenvalue weighted by molar-refractivity contribution is 6.30. The minimum absolute atomic E-state index is 0.129. The SMILES string of the molecule is CC1(C(=O)Oc2ccc(Cl)cc2)CCC1. The van der Waals surface area contributed by atoms with Crippen LogP contribution in [0.5, 0.6) is 5.75 Å². The summed E-state index contributed by atoms with van der Waals surface area (Å²) in [4.78, 5) is 11.7. The highest BCUT2D eigenvalue weighted by atomic mass is 35.5. The van der Waals surface area contributed by atoms with Gasteiger partial charge >= 0.3 is 5.97 Å². The van der Waals surface area contributed by atoms with Crippen molar-refractivity contribution in [1.29, 1.82) is 0 Å². The van der Waals surface area contributed by atoms with Crippen LogP contribution in [0.3, 0.4) is 0 Å². The number of rotatable bonds is 2. The molecule has 15 heavy (non-hydrogen) atoms. The second-order valence-corrected chi connectivity index (χ2v) is 4.69. The lowest BCUT2D eigenvalue weighted by atomic mass is 9.70. The van der Waals surface area contributed by atoms with Crippen LogP contribution in [0.1, 0.15) is 26.2 Å². The molecule has 0 atom stereocenters.